The average Bonchev–Trinajstić information content (AvgIpc) is 3.20. The first kappa shape index (κ1) is 20.6. The predicted octanol–water partition coefficient (Wildman–Crippen LogP) is 2.17. The molecular weight excluding hydrogens is 355 g/mol. The van der Waals surface area contributed by atoms with Gasteiger partial charge in [-0.2, -0.15) is 0 Å². The number of rotatable bonds is 5. The number of carbonyl (C=O) groups excluding carboxylic acids is 1. The lowest BCUT2D eigenvalue weighted by atomic mass is 9.98. The topological polar surface area (TPSA) is 57.3 Å². The molecule has 8 heteroatoms. The van der Waals surface area contributed by atoms with Crippen molar-refractivity contribution < 1.29 is 4.79 Å². The zero-order valence-corrected chi connectivity index (χ0v) is 15.7. The number of halogens is 2. The molecule has 2 aliphatic rings. The van der Waals surface area contributed by atoms with E-state index in [1.165, 1.54) is 17.8 Å². The molecule has 0 radical (unpaired) electrons. The first-order chi connectivity index (χ1) is 10.3. The Morgan fingerprint density at radius 2 is 2.00 bits per heavy atom. The summed E-state index contributed by atoms with van der Waals surface area (Å²) in [5.41, 5.74) is 0.0257. The van der Waals surface area contributed by atoms with E-state index in [1.54, 1.807) is 11.3 Å². The Morgan fingerprint density at radius 1 is 1.30 bits per heavy atom. The third-order valence-electron chi connectivity index (χ3n) is 4.57. The van der Waals surface area contributed by atoms with Crippen molar-refractivity contribution in [2.75, 3.05) is 32.7 Å². The maximum atomic E-state index is 12.2. The van der Waals surface area contributed by atoms with Crippen LogP contribution in [0.25, 0.3) is 0 Å². The van der Waals surface area contributed by atoms with E-state index in [0.29, 0.717) is 6.42 Å². The molecule has 0 spiro atoms. The number of thiazole rings is 1. The van der Waals surface area contributed by atoms with E-state index in [0.717, 1.165) is 45.6 Å². The molecule has 132 valence electrons. The van der Waals surface area contributed by atoms with Crippen LogP contribution >= 0.6 is 36.2 Å². The van der Waals surface area contributed by atoms with Crippen LogP contribution in [0.3, 0.4) is 0 Å². The summed E-state index contributed by atoms with van der Waals surface area (Å²) in [4.78, 5) is 18.7. The minimum Gasteiger partial charge on any atom is -0.340 e. The number of aromatic nitrogens is 1. The van der Waals surface area contributed by atoms with Crippen molar-refractivity contribution >= 4 is 42.1 Å². The number of nitrogens with zero attached hydrogens (tertiary/aromatic N) is 2. The first-order valence-corrected chi connectivity index (χ1v) is 8.82. The van der Waals surface area contributed by atoms with Gasteiger partial charge < -0.3 is 15.5 Å². The van der Waals surface area contributed by atoms with E-state index < -0.39 is 0 Å². The molecule has 1 aromatic rings. The fourth-order valence-electron chi connectivity index (χ4n) is 3.39. The molecule has 2 heterocycles. The van der Waals surface area contributed by atoms with Crippen molar-refractivity contribution in [1.82, 2.24) is 20.5 Å². The number of nitrogens with one attached hydrogen (secondary N) is 2. The second-order valence-corrected chi connectivity index (χ2v) is 6.83. The molecule has 1 saturated carbocycles. The highest BCUT2D eigenvalue weighted by Gasteiger charge is 2.37. The minimum absolute atomic E-state index is 0. The number of piperazine rings is 1. The van der Waals surface area contributed by atoms with E-state index >= 15 is 0 Å². The second-order valence-electron chi connectivity index (χ2n) is 5.93. The van der Waals surface area contributed by atoms with Crippen LogP contribution in [0.15, 0.2) is 11.6 Å². The van der Waals surface area contributed by atoms with Gasteiger partial charge in [-0.05, 0) is 12.8 Å². The van der Waals surface area contributed by atoms with Gasteiger partial charge in [-0.3, -0.25) is 4.79 Å². The Hall–Kier alpha value is -0.400. The highest BCUT2D eigenvalue weighted by atomic mass is 35.5. The third kappa shape index (κ3) is 5.03. The Bertz CT molecular complexity index is 460. The SMILES string of the molecule is Cl.Cl.O=C(CCNC1(c2nccs2)CCCC1)N1CCNCC1. The van der Waals surface area contributed by atoms with E-state index in [-0.39, 0.29) is 36.3 Å². The van der Waals surface area contributed by atoms with Crippen molar-refractivity contribution in [3.63, 3.8) is 0 Å². The maximum Gasteiger partial charge on any atom is 0.223 e. The standard InChI is InChI=1S/C15H24N4OS.2ClH/c20-13(19-10-7-16-8-11-19)3-6-18-15(4-1-2-5-15)14-17-9-12-21-14;;/h9,12,16,18H,1-8,10-11H2;2*1H. The normalized spacial score (nSPS) is 19.7. The van der Waals surface area contributed by atoms with Crippen molar-refractivity contribution in [3.05, 3.63) is 16.6 Å². The first-order valence-electron chi connectivity index (χ1n) is 7.94. The van der Waals surface area contributed by atoms with E-state index in [4.69, 9.17) is 0 Å². The molecule has 2 N–H and O–H groups in total. The number of amides is 1. The van der Waals surface area contributed by atoms with Gasteiger partial charge in [0.25, 0.3) is 0 Å². The molecule has 0 atom stereocenters. The minimum atomic E-state index is 0. The summed E-state index contributed by atoms with van der Waals surface area (Å²) < 4.78 is 0. The molecule has 1 aliphatic heterocycles. The van der Waals surface area contributed by atoms with Gasteiger partial charge in [0.1, 0.15) is 5.01 Å². The van der Waals surface area contributed by atoms with Crippen LogP contribution in [0.2, 0.25) is 0 Å². The van der Waals surface area contributed by atoms with E-state index in [9.17, 15) is 4.79 Å². The van der Waals surface area contributed by atoms with Crippen LogP contribution in [0.1, 0.15) is 37.1 Å². The Kier molecular flexibility index (Phi) is 8.79. The molecule has 0 aromatic carbocycles. The lowest BCUT2D eigenvalue weighted by molar-refractivity contribution is -0.131. The van der Waals surface area contributed by atoms with Crippen LogP contribution < -0.4 is 10.6 Å². The van der Waals surface area contributed by atoms with Crippen molar-refractivity contribution in [2.24, 2.45) is 0 Å². The van der Waals surface area contributed by atoms with Gasteiger partial charge in [0.15, 0.2) is 0 Å². The summed E-state index contributed by atoms with van der Waals surface area (Å²) in [6, 6.07) is 0. The molecule has 1 amide bonds. The lowest BCUT2D eigenvalue weighted by Crippen LogP contribution is -2.48. The maximum absolute atomic E-state index is 12.2. The molecule has 3 rings (SSSR count). The molecule has 1 aliphatic carbocycles. The molecule has 0 bridgehead atoms. The second kappa shape index (κ2) is 9.79. The van der Waals surface area contributed by atoms with Gasteiger partial charge in [-0.1, -0.05) is 12.8 Å². The predicted molar refractivity (Wildman–Crippen MR) is 98.8 cm³/mol. The van der Waals surface area contributed by atoms with Gasteiger partial charge in [0.05, 0.1) is 5.54 Å². The number of hydrogen-bond acceptors (Lipinski definition) is 5. The van der Waals surface area contributed by atoms with Crippen molar-refractivity contribution in [2.45, 2.75) is 37.6 Å². The highest BCUT2D eigenvalue weighted by molar-refractivity contribution is 7.09. The van der Waals surface area contributed by atoms with Crippen LogP contribution in [0.4, 0.5) is 0 Å². The fourth-order valence-corrected chi connectivity index (χ4v) is 4.26. The summed E-state index contributed by atoms with van der Waals surface area (Å²) in [7, 11) is 0. The summed E-state index contributed by atoms with van der Waals surface area (Å²) in [6.45, 7) is 4.28. The third-order valence-corrected chi connectivity index (χ3v) is 5.55. The Labute approximate surface area is 154 Å². The molecule has 2 fully saturated rings. The molecule has 0 unspecified atom stereocenters. The van der Waals surface area contributed by atoms with Gasteiger partial charge in [0, 0.05) is 50.7 Å². The number of carbonyl (C=O) groups is 1. The van der Waals surface area contributed by atoms with E-state index in [2.05, 4.69) is 15.6 Å². The molecule has 5 nitrogen and oxygen atoms in total. The molecule has 1 saturated heterocycles. The van der Waals surface area contributed by atoms with Gasteiger partial charge in [0.2, 0.25) is 5.91 Å². The van der Waals surface area contributed by atoms with Crippen LogP contribution in [-0.2, 0) is 10.3 Å². The van der Waals surface area contributed by atoms with Crippen LogP contribution in [0, 0.1) is 0 Å². The Balaban J connectivity index is 0.00000132. The number of hydrogen-bond donors (Lipinski definition) is 2. The van der Waals surface area contributed by atoms with Crippen molar-refractivity contribution in [1.29, 1.82) is 0 Å². The molecular formula is C15H26Cl2N4OS. The van der Waals surface area contributed by atoms with Crippen molar-refractivity contribution in [3.8, 4) is 0 Å². The monoisotopic (exact) mass is 380 g/mol. The van der Waals surface area contributed by atoms with E-state index in [1.807, 2.05) is 16.5 Å². The quantitative estimate of drug-likeness (QED) is 0.821. The van der Waals surface area contributed by atoms with Gasteiger partial charge in [-0.15, -0.1) is 36.2 Å². The highest BCUT2D eigenvalue weighted by Crippen LogP contribution is 2.39. The van der Waals surface area contributed by atoms with Gasteiger partial charge >= 0.3 is 0 Å². The average molecular weight is 381 g/mol. The van der Waals surface area contributed by atoms with Gasteiger partial charge in [-0.25, -0.2) is 4.98 Å². The summed E-state index contributed by atoms with van der Waals surface area (Å²) >= 11 is 1.73. The Morgan fingerprint density at radius 3 is 2.61 bits per heavy atom. The fraction of sp³-hybridized carbons (Fsp3) is 0.733. The summed E-state index contributed by atoms with van der Waals surface area (Å²) in [5.74, 6) is 0.274. The smallest absolute Gasteiger partial charge is 0.223 e. The largest absolute Gasteiger partial charge is 0.340 e. The molecule has 1 aromatic heterocycles. The summed E-state index contributed by atoms with van der Waals surface area (Å²) in [6.07, 6.45) is 7.25. The lowest BCUT2D eigenvalue weighted by Gasteiger charge is -2.30. The summed E-state index contributed by atoms with van der Waals surface area (Å²) in [5, 5.41) is 10.2. The zero-order chi connectivity index (χ0) is 14.5. The van der Waals surface area contributed by atoms with Crippen LogP contribution in [0.5, 0.6) is 0 Å². The zero-order valence-electron chi connectivity index (χ0n) is 13.3. The van der Waals surface area contributed by atoms with Crippen LogP contribution in [-0.4, -0.2) is 48.5 Å². The molecule has 23 heavy (non-hydrogen) atoms.